The molecule has 0 unspecified atom stereocenters. The van der Waals surface area contributed by atoms with Gasteiger partial charge in [0.2, 0.25) is 0 Å². The lowest BCUT2D eigenvalue weighted by Gasteiger charge is -2.26. The van der Waals surface area contributed by atoms with E-state index in [1.54, 1.807) is 0 Å². The van der Waals surface area contributed by atoms with E-state index in [0.29, 0.717) is 0 Å². The van der Waals surface area contributed by atoms with Crippen LogP contribution in [0.25, 0.3) is 0 Å². The number of fused-ring (bicyclic) bond motifs is 2. The van der Waals surface area contributed by atoms with E-state index in [2.05, 4.69) is 12.2 Å². The molecule has 0 saturated heterocycles. The number of rotatable bonds is 6. The molecule has 2 aliphatic rings. The van der Waals surface area contributed by atoms with Crippen LogP contribution in [0.5, 0.6) is 0 Å². The molecular formula is C11H18O6S2. The number of hydrogen-bond donors (Lipinski definition) is 0. The van der Waals surface area contributed by atoms with Crippen LogP contribution in [0, 0.1) is 23.7 Å². The van der Waals surface area contributed by atoms with Crippen molar-refractivity contribution >= 4 is 20.2 Å². The van der Waals surface area contributed by atoms with Crippen LogP contribution >= 0.6 is 0 Å². The Morgan fingerprint density at radius 3 is 1.58 bits per heavy atom. The zero-order chi connectivity index (χ0) is 14.3. The van der Waals surface area contributed by atoms with E-state index in [1.807, 2.05) is 0 Å². The smallest absolute Gasteiger partial charge is 0.264 e. The lowest BCUT2D eigenvalue weighted by atomic mass is 9.84. The summed E-state index contributed by atoms with van der Waals surface area (Å²) < 4.78 is 53.9. The largest absolute Gasteiger partial charge is 0.270 e. The van der Waals surface area contributed by atoms with Gasteiger partial charge in [-0.25, -0.2) is 0 Å². The molecule has 0 aliphatic heterocycles. The quantitative estimate of drug-likeness (QED) is 0.520. The SMILES string of the molecule is CS(=O)(=O)OC[C@@H]1[C@H](COS(C)(=O)=O)[C@H]2C=C[C@H]1C2. The van der Waals surface area contributed by atoms with Crippen LogP contribution in [0.2, 0.25) is 0 Å². The van der Waals surface area contributed by atoms with Crippen LogP contribution in [-0.2, 0) is 28.6 Å². The average Bonchev–Trinajstić information content (AvgIpc) is 2.81. The predicted octanol–water partition coefficient (Wildman–Crippen LogP) is 0.377. The Kier molecular flexibility index (Phi) is 4.06. The number of hydrogen-bond acceptors (Lipinski definition) is 6. The van der Waals surface area contributed by atoms with Crippen LogP contribution in [0.3, 0.4) is 0 Å². The molecule has 110 valence electrons. The van der Waals surface area contributed by atoms with Crippen LogP contribution in [0.15, 0.2) is 12.2 Å². The first-order valence-corrected chi connectivity index (χ1v) is 9.66. The van der Waals surface area contributed by atoms with E-state index >= 15 is 0 Å². The molecule has 8 heteroatoms. The topological polar surface area (TPSA) is 86.7 Å². The van der Waals surface area contributed by atoms with Gasteiger partial charge in [-0.3, -0.25) is 8.37 Å². The summed E-state index contributed by atoms with van der Waals surface area (Å²) in [7, 11) is -6.96. The molecule has 0 spiro atoms. The Labute approximate surface area is 114 Å². The van der Waals surface area contributed by atoms with E-state index in [0.717, 1.165) is 18.9 Å². The highest BCUT2D eigenvalue weighted by atomic mass is 32.2. The van der Waals surface area contributed by atoms with Gasteiger partial charge in [-0.15, -0.1) is 0 Å². The predicted molar refractivity (Wildman–Crippen MR) is 69.3 cm³/mol. The summed E-state index contributed by atoms with van der Waals surface area (Å²) in [5.41, 5.74) is 0. The Morgan fingerprint density at radius 2 is 1.26 bits per heavy atom. The molecule has 0 N–H and O–H groups in total. The Balaban J connectivity index is 2.01. The monoisotopic (exact) mass is 310 g/mol. The molecule has 0 aromatic heterocycles. The minimum Gasteiger partial charge on any atom is -0.270 e. The van der Waals surface area contributed by atoms with Crippen molar-refractivity contribution in [3.05, 3.63) is 12.2 Å². The highest BCUT2D eigenvalue weighted by Gasteiger charge is 2.45. The number of allylic oxidation sites excluding steroid dienone is 2. The lowest BCUT2D eigenvalue weighted by molar-refractivity contribution is 0.140. The maximum atomic E-state index is 11.1. The first-order valence-electron chi connectivity index (χ1n) is 6.03. The fourth-order valence-corrected chi connectivity index (χ4v) is 3.73. The molecule has 2 rings (SSSR count). The third-order valence-corrected chi connectivity index (χ3v) is 4.88. The summed E-state index contributed by atoms with van der Waals surface area (Å²) >= 11 is 0. The van der Waals surface area contributed by atoms with Crippen molar-refractivity contribution in [2.45, 2.75) is 6.42 Å². The van der Waals surface area contributed by atoms with Crippen molar-refractivity contribution in [1.29, 1.82) is 0 Å². The second kappa shape index (κ2) is 5.16. The molecule has 2 aliphatic carbocycles. The second-order valence-electron chi connectivity index (χ2n) is 5.25. The summed E-state index contributed by atoms with van der Waals surface area (Å²) in [6.07, 6.45) is 7.04. The molecule has 4 atom stereocenters. The third kappa shape index (κ3) is 4.01. The summed E-state index contributed by atoms with van der Waals surface area (Å²) in [6.45, 7) is 0.171. The second-order valence-corrected chi connectivity index (χ2v) is 8.54. The van der Waals surface area contributed by atoms with Crippen molar-refractivity contribution in [2.24, 2.45) is 23.7 Å². The molecule has 0 aromatic carbocycles. The molecule has 1 saturated carbocycles. The summed E-state index contributed by atoms with van der Waals surface area (Å²) in [5.74, 6) is 0.484. The Bertz CT molecular complexity index is 512. The van der Waals surface area contributed by atoms with E-state index in [1.165, 1.54) is 0 Å². The van der Waals surface area contributed by atoms with Gasteiger partial charge < -0.3 is 0 Å². The first-order chi connectivity index (χ1) is 8.66. The van der Waals surface area contributed by atoms with Crippen LogP contribution in [0.4, 0.5) is 0 Å². The minimum absolute atomic E-state index is 0.00789. The van der Waals surface area contributed by atoms with Gasteiger partial charge in [0.15, 0.2) is 0 Å². The van der Waals surface area contributed by atoms with Crippen LogP contribution in [0.1, 0.15) is 6.42 Å². The fraction of sp³-hybridized carbons (Fsp3) is 0.818. The summed E-state index contributed by atoms with van der Waals surface area (Å²) in [5, 5.41) is 0. The van der Waals surface area contributed by atoms with Crippen molar-refractivity contribution < 1.29 is 25.2 Å². The van der Waals surface area contributed by atoms with E-state index < -0.39 is 20.2 Å². The van der Waals surface area contributed by atoms with Gasteiger partial charge in [0.1, 0.15) is 0 Å². The molecule has 19 heavy (non-hydrogen) atoms. The average molecular weight is 310 g/mol. The van der Waals surface area contributed by atoms with E-state index in [9.17, 15) is 16.8 Å². The molecule has 2 bridgehead atoms. The summed E-state index contributed by atoms with van der Waals surface area (Å²) in [4.78, 5) is 0. The molecule has 0 heterocycles. The highest BCUT2D eigenvalue weighted by Crippen LogP contribution is 2.48. The van der Waals surface area contributed by atoms with Crippen molar-refractivity contribution in [3.8, 4) is 0 Å². The van der Waals surface area contributed by atoms with Crippen molar-refractivity contribution in [1.82, 2.24) is 0 Å². The molecule has 0 aromatic rings. The molecule has 1 fully saturated rings. The lowest BCUT2D eigenvalue weighted by Crippen LogP contribution is -2.29. The van der Waals surface area contributed by atoms with Gasteiger partial charge in [0, 0.05) is 0 Å². The fourth-order valence-electron chi connectivity index (χ4n) is 2.93. The molecule has 6 nitrogen and oxygen atoms in total. The maximum absolute atomic E-state index is 11.1. The molecular weight excluding hydrogens is 292 g/mol. The van der Waals surface area contributed by atoms with E-state index in [-0.39, 0.29) is 36.9 Å². The molecule has 0 radical (unpaired) electrons. The summed E-state index contributed by atoms with van der Waals surface area (Å²) in [6, 6.07) is 0. The minimum atomic E-state index is -3.48. The Morgan fingerprint density at radius 1 is 0.895 bits per heavy atom. The third-order valence-electron chi connectivity index (χ3n) is 3.75. The van der Waals surface area contributed by atoms with Gasteiger partial charge in [0.05, 0.1) is 25.7 Å². The standard InChI is InChI=1S/C11H18O6S2/c1-18(12,13)16-6-10-8-3-4-9(5-8)11(10)7-17-19(2,14)15/h3-4,8-11H,5-7H2,1-2H3/t8-,9-,10-,11+/m0/s1. The van der Waals surface area contributed by atoms with Crippen molar-refractivity contribution in [2.75, 3.05) is 25.7 Å². The van der Waals surface area contributed by atoms with Gasteiger partial charge in [-0.05, 0) is 30.1 Å². The molecule has 0 amide bonds. The van der Waals surface area contributed by atoms with Gasteiger partial charge >= 0.3 is 0 Å². The zero-order valence-electron chi connectivity index (χ0n) is 10.9. The first kappa shape index (κ1) is 15.0. The normalized spacial score (nSPS) is 34.0. The van der Waals surface area contributed by atoms with Crippen LogP contribution in [-0.4, -0.2) is 42.6 Å². The van der Waals surface area contributed by atoms with Gasteiger partial charge in [-0.2, -0.15) is 16.8 Å². The van der Waals surface area contributed by atoms with Crippen LogP contribution < -0.4 is 0 Å². The van der Waals surface area contributed by atoms with Crippen molar-refractivity contribution in [3.63, 3.8) is 0 Å². The Hall–Kier alpha value is -0.440. The van der Waals surface area contributed by atoms with E-state index in [4.69, 9.17) is 8.37 Å². The van der Waals surface area contributed by atoms with Gasteiger partial charge in [-0.1, -0.05) is 12.2 Å². The maximum Gasteiger partial charge on any atom is 0.264 e. The highest BCUT2D eigenvalue weighted by molar-refractivity contribution is 7.86. The zero-order valence-corrected chi connectivity index (χ0v) is 12.5. The van der Waals surface area contributed by atoms with Gasteiger partial charge in [0.25, 0.3) is 20.2 Å².